The first-order valence-electron chi connectivity index (χ1n) is 7.56. The van der Waals surface area contributed by atoms with Gasteiger partial charge in [0, 0.05) is 0 Å². The van der Waals surface area contributed by atoms with E-state index < -0.39 is 0 Å². The molecule has 23 heavy (non-hydrogen) atoms. The second-order valence-corrected chi connectivity index (χ2v) is 7.97. The van der Waals surface area contributed by atoms with Crippen LogP contribution in [0.1, 0.15) is 11.6 Å². The number of nitrogens with one attached hydrogen (secondary N) is 1. The topological polar surface area (TPSA) is 12.0 Å². The average molecular weight is 387 g/mol. The van der Waals surface area contributed by atoms with Crippen LogP contribution in [0.15, 0.2) is 84.9 Å². The summed E-state index contributed by atoms with van der Waals surface area (Å²) in [5.41, 5.74) is 2.42. The molecule has 3 rings (SSSR count). The van der Waals surface area contributed by atoms with Crippen LogP contribution in [-0.4, -0.2) is 15.0 Å². The van der Waals surface area contributed by atoms with Gasteiger partial charge in [-0.25, -0.2) is 0 Å². The fourth-order valence-corrected chi connectivity index (χ4v) is 4.54. The standard InChI is InChI=1S/C20H18ClNSe/c21-17-13-11-16(12-14-17)20(22-18-7-3-1-4-8-18)15-23-19-9-5-2-6-10-19/h1-14,20,22H,15H2. The van der Waals surface area contributed by atoms with Crippen molar-refractivity contribution in [2.75, 3.05) is 5.32 Å². The molecule has 0 heterocycles. The van der Waals surface area contributed by atoms with Gasteiger partial charge in [0.25, 0.3) is 0 Å². The summed E-state index contributed by atoms with van der Waals surface area (Å²) >= 11 is 6.46. The molecule has 116 valence electrons. The van der Waals surface area contributed by atoms with Crippen molar-refractivity contribution in [3.8, 4) is 0 Å². The molecule has 0 radical (unpaired) electrons. The van der Waals surface area contributed by atoms with Gasteiger partial charge in [-0.15, -0.1) is 0 Å². The molecule has 3 aromatic rings. The van der Waals surface area contributed by atoms with Gasteiger partial charge in [-0.3, -0.25) is 0 Å². The summed E-state index contributed by atoms with van der Waals surface area (Å²) in [6.07, 6.45) is 0. The maximum atomic E-state index is 6.03. The summed E-state index contributed by atoms with van der Waals surface area (Å²) in [4.78, 5) is 0. The van der Waals surface area contributed by atoms with E-state index in [1.54, 1.807) is 0 Å². The van der Waals surface area contributed by atoms with E-state index in [0.29, 0.717) is 15.0 Å². The van der Waals surface area contributed by atoms with E-state index in [1.165, 1.54) is 10.0 Å². The van der Waals surface area contributed by atoms with Crippen molar-refractivity contribution in [3.05, 3.63) is 95.5 Å². The third-order valence-electron chi connectivity index (χ3n) is 3.55. The van der Waals surface area contributed by atoms with Crippen molar-refractivity contribution in [2.45, 2.75) is 11.4 Å². The van der Waals surface area contributed by atoms with E-state index in [1.807, 2.05) is 18.2 Å². The summed E-state index contributed by atoms with van der Waals surface area (Å²) in [6, 6.07) is 29.5. The molecule has 1 nitrogen and oxygen atoms in total. The SMILES string of the molecule is Clc1ccc(C(C[Se]c2ccccc2)Nc2ccccc2)cc1. The van der Waals surface area contributed by atoms with Crippen LogP contribution in [0.4, 0.5) is 5.69 Å². The Morgan fingerprint density at radius 1 is 0.783 bits per heavy atom. The van der Waals surface area contributed by atoms with Crippen molar-refractivity contribution in [3.63, 3.8) is 0 Å². The quantitative estimate of drug-likeness (QED) is 0.592. The Bertz CT molecular complexity index is 714. The fraction of sp³-hybridized carbons (Fsp3) is 0.100. The average Bonchev–Trinajstić information content (AvgIpc) is 2.61. The second kappa shape index (κ2) is 8.21. The zero-order chi connectivity index (χ0) is 15.9. The van der Waals surface area contributed by atoms with E-state index in [4.69, 9.17) is 11.6 Å². The van der Waals surface area contributed by atoms with Crippen LogP contribution in [0.5, 0.6) is 0 Å². The molecule has 0 saturated heterocycles. The Balaban J connectivity index is 1.76. The van der Waals surface area contributed by atoms with Gasteiger partial charge in [-0.1, -0.05) is 0 Å². The Hall–Kier alpha value is -1.73. The van der Waals surface area contributed by atoms with E-state index in [2.05, 4.69) is 72.0 Å². The fourth-order valence-electron chi connectivity index (χ4n) is 2.35. The van der Waals surface area contributed by atoms with Gasteiger partial charge in [0.15, 0.2) is 0 Å². The van der Waals surface area contributed by atoms with E-state index >= 15 is 0 Å². The third-order valence-corrected chi connectivity index (χ3v) is 6.12. The molecular weight excluding hydrogens is 369 g/mol. The van der Waals surface area contributed by atoms with Crippen LogP contribution in [0.3, 0.4) is 0 Å². The van der Waals surface area contributed by atoms with Crippen LogP contribution in [0.2, 0.25) is 10.3 Å². The van der Waals surface area contributed by atoms with Gasteiger partial charge in [0.2, 0.25) is 0 Å². The normalized spacial score (nSPS) is 11.9. The van der Waals surface area contributed by atoms with Crippen molar-refractivity contribution in [1.82, 2.24) is 0 Å². The molecule has 1 unspecified atom stereocenters. The summed E-state index contributed by atoms with van der Waals surface area (Å²) in [6.45, 7) is 0. The van der Waals surface area contributed by atoms with Crippen LogP contribution in [-0.2, 0) is 0 Å². The molecule has 3 heteroatoms. The Kier molecular flexibility index (Phi) is 5.76. The third kappa shape index (κ3) is 4.87. The molecule has 0 aliphatic heterocycles. The van der Waals surface area contributed by atoms with Gasteiger partial charge >= 0.3 is 149 Å². The number of hydrogen-bond donors (Lipinski definition) is 1. The number of para-hydroxylation sites is 1. The Morgan fingerprint density at radius 3 is 2.04 bits per heavy atom. The maximum absolute atomic E-state index is 6.03. The van der Waals surface area contributed by atoms with Gasteiger partial charge in [-0.05, 0) is 0 Å². The number of rotatable bonds is 6. The minimum atomic E-state index is 0.287. The second-order valence-electron chi connectivity index (χ2n) is 5.24. The number of halogens is 1. The molecule has 0 aliphatic rings. The van der Waals surface area contributed by atoms with E-state index in [-0.39, 0.29) is 6.04 Å². The van der Waals surface area contributed by atoms with Gasteiger partial charge in [0.1, 0.15) is 0 Å². The number of anilines is 1. The monoisotopic (exact) mass is 387 g/mol. The summed E-state index contributed by atoms with van der Waals surface area (Å²) in [7, 11) is 0. The molecule has 0 bridgehead atoms. The zero-order valence-electron chi connectivity index (χ0n) is 12.7. The predicted molar refractivity (Wildman–Crippen MR) is 101 cm³/mol. The van der Waals surface area contributed by atoms with Gasteiger partial charge in [0.05, 0.1) is 0 Å². The summed E-state index contributed by atoms with van der Waals surface area (Å²) < 4.78 is 1.42. The first-order valence-corrected chi connectivity index (χ1v) is 10.0. The van der Waals surface area contributed by atoms with Crippen molar-refractivity contribution in [2.24, 2.45) is 0 Å². The van der Waals surface area contributed by atoms with Crippen molar-refractivity contribution in [1.29, 1.82) is 0 Å². The summed E-state index contributed by atoms with van der Waals surface area (Å²) in [5.74, 6) is 0. The van der Waals surface area contributed by atoms with Crippen LogP contribution >= 0.6 is 11.6 Å². The Morgan fingerprint density at radius 2 is 1.39 bits per heavy atom. The molecule has 1 atom stereocenters. The molecular formula is C20H18ClNSe. The summed E-state index contributed by atoms with van der Waals surface area (Å²) in [5, 5.41) is 5.53. The first-order chi connectivity index (χ1) is 11.3. The molecule has 0 aromatic heterocycles. The van der Waals surface area contributed by atoms with Crippen LogP contribution in [0, 0.1) is 0 Å². The van der Waals surface area contributed by atoms with E-state index in [0.717, 1.165) is 16.0 Å². The van der Waals surface area contributed by atoms with Gasteiger partial charge in [-0.2, -0.15) is 0 Å². The molecule has 0 saturated carbocycles. The van der Waals surface area contributed by atoms with Crippen molar-refractivity contribution < 1.29 is 0 Å². The molecule has 0 amide bonds. The molecule has 0 fully saturated rings. The molecule has 0 spiro atoms. The van der Waals surface area contributed by atoms with Crippen molar-refractivity contribution >= 4 is 36.7 Å². The molecule has 3 aromatic carbocycles. The van der Waals surface area contributed by atoms with E-state index in [9.17, 15) is 0 Å². The molecule has 1 N–H and O–H groups in total. The molecule has 0 aliphatic carbocycles. The predicted octanol–water partition coefficient (Wildman–Crippen LogP) is 4.94. The van der Waals surface area contributed by atoms with Gasteiger partial charge < -0.3 is 0 Å². The number of hydrogen-bond acceptors (Lipinski definition) is 1. The van der Waals surface area contributed by atoms with Crippen LogP contribution < -0.4 is 9.78 Å². The van der Waals surface area contributed by atoms with Crippen LogP contribution in [0.25, 0.3) is 0 Å². The Labute approximate surface area is 148 Å². The number of benzene rings is 3. The first kappa shape index (κ1) is 16.1. The zero-order valence-corrected chi connectivity index (χ0v) is 15.1. The minimum absolute atomic E-state index is 0.287.